The van der Waals surface area contributed by atoms with Crippen molar-refractivity contribution in [1.82, 2.24) is 9.78 Å². The second kappa shape index (κ2) is 6.58. The first kappa shape index (κ1) is 13.9. The minimum absolute atomic E-state index is 0.243. The van der Waals surface area contributed by atoms with E-state index < -0.39 is 0 Å². The van der Waals surface area contributed by atoms with E-state index in [4.69, 9.17) is 0 Å². The van der Waals surface area contributed by atoms with E-state index in [0.717, 1.165) is 37.2 Å². The van der Waals surface area contributed by atoms with Crippen LogP contribution in [-0.4, -0.2) is 15.6 Å². The second-order valence-corrected chi connectivity index (χ2v) is 4.50. The zero-order valence-electron chi connectivity index (χ0n) is 11.5. The Labute approximate surface area is 104 Å². The summed E-state index contributed by atoms with van der Waals surface area (Å²) in [6.45, 7) is 9.16. The molecule has 0 aliphatic rings. The quantitative estimate of drug-likeness (QED) is 0.679. The van der Waals surface area contributed by atoms with Crippen molar-refractivity contribution in [3.8, 4) is 0 Å². The molecular weight excluding hydrogens is 212 g/mol. The smallest absolute Gasteiger partial charge is 0.181 e. The molecule has 3 heteroatoms. The van der Waals surface area contributed by atoms with Crippen molar-refractivity contribution in [2.45, 2.75) is 59.9 Å². The molecule has 0 saturated heterocycles. The molecule has 0 unspecified atom stereocenters. The van der Waals surface area contributed by atoms with Crippen LogP contribution in [0, 0.1) is 5.92 Å². The van der Waals surface area contributed by atoms with Gasteiger partial charge in [0.25, 0.3) is 0 Å². The number of rotatable bonds is 7. The van der Waals surface area contributed by atoms with E-state index in [1.807, 2.05) is 17.7 Å². The first-order valence-corrected chi connectivity index (χ1v) is 6.76. The molecule has 0 aliphatic carbocycles. The van der Waals surface area contributed by atoms with Gasteiger partial charge in [-0.15, -0.1) is 0 Å². The summed E-state index contributed by atoms with van der Waals surface area (Å²) in [5, 5.41) is 4.42. The minimum Gasteiger partial charge on any atom is -0.292 e. The van der Waals surface area contributed by atoms with E-state index in [-0.39, 0.29) is 5.78 Å². The molecule has 1 aromatic heterocycles. The number of hydrogen-bond acceptors (Lipinski definition) is 2. The first-order chi connectivity index (χ1) is 8.15. The normalized spacial score (nSPS) is 11.1. The molecule has 0 bridgehead atoms. The van der Waals surface area contributed by atoms with Gasteiger partial charge in [0.05, 0.1) is 5.69 Å². The predicted molar refractivity (Wildman–Crippen MR) is 70.3 cm³/mol. The van der Waals surface area contributed by atoms with Crippen molar-refractivity contribution in [2.75, 3.05) is 0 Å². The highest BCUT2D eigenvalue weighted by Gasteiger charge is 2.17. The van der Waals surface area contributed by atoms with E-state index in [0.29, 0.717) is 12.3 Å². The number of hydrogen-bond donors (Lipinski definition) is 0. The summed E-state index contributed by atoms with van der Waals surface area (Å²) in [5.41, 5.74) is 1.80. The molecule has 1 heterocycles. The van der Waals surface area contributed by atoms with E-state index in [1.54, 1.807) is 0 Å². The van der Waals surface area contributed by atoms with Crippen LogP contribution in [0.25, 0.3) is 0 Å². The summed E-state index contributed by atoms with van der Waals surface area (Å²) < 4.78 is 1.84. The molecule has 0 N–H and O–H groups in total. The third kappa shape index (κ3) is 3.42. The summed E-state index contributed by atoms with van der Waals surface area (Å²) in [5.74, 6) is 0.750. The number of ketones is 1. The third-order valence-corrected chi connectivity index (χ3v) is 3.41. The van der Waals surface area contributed by atoms with E-state index in [2.05, 4.69) is 25.9 Å². The fourth-order valence-corrected chi connectivity index (χ4v) is 2.05. The van der Waals surface area contributed by atoms with E-state index in [1.165, 1.54) is 0 Å². The molecular formula is C14H24N2O. The SMILES string of the molecule is CCc1cc(C(=O)CC(CC)CC)n(CC)n1. The molecule has 0 aromatic carbocycles. The Morgan fingerprint density at radius 3 is 2.41 bits per heavy atom. The lowest BCUT2D eigenvalue weighted by atomic mass is 9.96. The molecule has 0 fully saturated rings. The summed E-state index contributed by atoms with van der Waals surface area (Å²) >= 11 is 0. The fourth-order valence-electron chi connectivity index (χ4n) is 2.05. The molecule has 0 aliphatic heterocycles. The minimum atomic E-state index is 0.243. The van der Waals surface area contributed by atoms with Crippen LogP contribution in [0.3, 0.4) is 0 Å². The van der Waals surface area contributed by atoms with Crippen molar-refractivity contribution in [1.29, 1.82) is 0 Å². The summed E-state index contributed by atoms with van der Waals surface area (Å²) in [7, 11) is 0. The molecule has 3 nitrogen and oxygen atoms in total. The van der Waals surface area contributed by atoms with Crippen LogP contribution in [-0.2, 0) is 13.0 Å². The van der Waals surface area contributed by atoms with Gasteiger partial charge in [0.1, 0.15) is 5.69 Å². The van der Waals surface area contributed by atoms with Gasteiger partial charge in [-0.1, -0.05) is 33.6 Å². The Hall–Kier alpha value is -1.12. The zero-order chi connectivity index (χ0) is 12.8. The van der Waals surface area contributed by atoms with Crippen LogP contribution in [0.15, 0.2) is 6.07 Å². The molecule has 0 radical (unpaired) electrons. The van der Waals surface area contributed by atoms with Crippen molar-refractivity contribution in [3.05, 3.63) is 17.5 Å². The Balaban J connectivity index is 2.83. The highest BCUT2D eigenvalue weighted by atomic mass is 16.1. The molecule has 1 rings (SSSR count). The molecule has 96 valence electrons. The van der Waals surface area contributed by atoms with E-state index >= 15 is 0 Å². The highest BCUT2D eigenvalue weighted by Crippen LogP contribution is 2.17. The average Bonchev–Trinajstić information content (AvgIpc) is 2.78. The third-order valence-electron chi connectivity index (χ3n) is 3.41. The fraction of sp³-hybridized carbons (Fsp3) is 0.714. The van der Waals surface area contributed by atoms with Gasteiger partial charge in [0, 0.05) is 13.0 Å². The molecule has 1 aromatic rings. The lowest BCUT2D eigenvalue weighted by molar-refractivity contribution is 0.0948. The molecule has 0 amide bonds. The van der Waals surface area contributed by atoms with Crippen LogP contribution >= 0.6 is 0 Å². The lowest BCUT2D eigenvalue weighted by Crippen LogP contribution is -2.13. The van der Waals surface area contributed by atoms with Crippen LogP contribution in [0.2, 0.25) is 0 Å². The molecule has 17 heavy (non-hydrogen) atoms. The first-order valence-electron chi connectivity index (χ1n) is 6.76. The van der Waals surface area contributed by atoms with Crippen LogP contribution < -0.4 is 0 Å². The summed E-state index contributed by atoms with van der Waals surface area (Å²) in [6.07, 6.45) is 3.69. The van der Waals surface area contributed by atoms with Crippen molar-refractivity contribution in [3.63, 3.8) is 0 Å². The van der Waals surface area contributed by atoms with Crippen molar-refractivity contribution < 1.29 is 4.79 Å². The largest absolute Gasteiger partial charge is 0.292 e. The van der Waals surface area contributed by atoms with Gasteiger partial charge in [-0.2, -0.15) is 5.10 Å². The summed E-state index contributed by atoms with van der Waals surface area (Å²) in [4.78, 5) is 12.2. The van der Waals surface area contributed by atoms with Gasteiger partial charge in [-0.3, -0.25) is 9.48 Å². The number of carbonyl (C=O) groups excluding carboxylic acids is 1. The topological polar surface area (TPSA) is 34.9 Å². The predicted octanol–water partition coefficient (Wildman–Crippen LogP) is 3.47. The number of carbonyl (C=O) groups is 1. The summed E-state index contributed by atoms with van der Waals surface area (Å²) in [6, 6.07) is 1.95. The maximum absolute atomic E-state index is 12.2. The Kier molecular flexibility index (Phi) is 5.39. The maximum Gasteiger partial charge on any atom is 0.181 e. The standard InChI is InChI=1S/C14H24N2O/c1-5-11(6-2)9-14(17)13-10-12(7-3)15-16(13)8-4/h10-11H,5-9H2,1-4H3. The van der Waals surface area contributed by atoms with Crippen LogP contribution in [0.5, 0.6) is 0 Å². The lowest BCUT2D eigenvalue weighted by Gasteiger charge is -2.11. The number of aromatic nitrogens is 2. The van der Waals surface area contributed by atoms with Crippen LogP contribution in [0.4, 0.5) is 0 Å². The van der Waals surface area contributed by atoms with Gasteiger partial charge in [0.2, 0.25) is 0 Å². The van der Waals surface area contributed by atoms with Gasteiger partial charge in [-0.25, -0.2) is 0 Å². The Morgan fingerprint density at radius 1 is 1.29 bits per heavy atom. The average molecular weight is 236 g/mol. The van der Waals surface area contributed by atoms with Crippen molar-refractivity contribution >= 4 is 5.78 Å². The number of aryl methyl sites for hydroxylation is 2. The second-order valence-electron chi connectivity index (χ2n) is 4.50. The van der Waals surface area contributed by atoms with Gasteiger partial charge in [0.15, 0.2) is 5.78 Å². The van der Waals surface area contributed by atoms with Gasteiger partial charge >= 0.3 is 0 Å². The molecule has 0 spiro atoms. The van der Waals surface area contributed by atoms with E-state index in [9.17, 15) is 4.79 Å². The Bertz CT molecular complexity index is 364. The zero-order valence-corrected chi connectivity index (χ0v) is 11.5. The monoisotopic (exact) mass is 236 g/mol. The van der Waals surface area contributed by atoms with Gasteiger partial charge in [-0.05, 0) is 25.3 Å². The van der Waals surface area contributed by atoms with Crippen LogP contribution in [0.1, 0.15) is 63.1 Å². The maximum atomic E-state index is 12.2. The molecule has 0 atom stereocenters. The molecule has 0 saturated carbocycles. The highest BCUT2D eigenvalue weighted by molar-refractivity contribution is 5.94. The number of nitrogens with zero attached hydrogens (tertiary/aromatic N) is 2. The van der Waals surface area contributed by atoms with Crippen molar-refractivity contribution in [2.24, 2.45) is 5.92 Å². The Morgan fingerprint density at radius 2 is 1.94 bits per heavy atom. The number of Topliss-reactive ketones (excluding diaryl/α,β-unsaturated/α-hetero) is 1. The van der Waals surface area contributed by atoms with Gasteiger partial charge < -0.3 is 0 Å².